The van der Waals surface area contributed by atoms with Crippen molar-refractivity contribution in [1.82, 2.24) is 0 Å². The summed E-state index contributed by atoms with van der Waals surface area (Å²) in [6, 6.07) is 13.1. The first kappa shape index (κ1) is 17.4. The van der Waals surface area contributed by atoms with Crippen molar-refractivity contribution in [3.05, 3.63) is 54.1 Å². The van der Waals surface area contributed by atoms with E-state index in [2.05, 4.69) is 5.32 Å². The second-order valence-electron chi connectivity index (χ2n) is 5.37. The molecule has 0 saturated carbocycles. The molecule has 5 heteroatoms. The van der Waals surface area contributed by atoms with Gasteiger partial charge < -0.3 is 19.7 Å². The Labute approximate surface area is 142 Å². The summed E-state index contributed by atoms with van der Waals surface area (Å²) < 4.78 is 10.5. The van der Waals surface area contributed by atoms with E-state index >= 15 is 0 Å². The lowest BCUT2D eigenvalue weighted by Crippen LogP contribution is -2.10. The third-order valence-corrected chi connectivity index (χ3v) is 3.51. The summed E-state index contributed by atoms with van der Waals surface area (Å²) in [5.41, 5.74) is 2.62. The molecule has 0 spiro atoms. The topological polar surface area (TPSA) is 50.8 Å². The molecule has 0 bridgehead atoms. The van der Waals surface area contributed by atoms with Crippen LogP contribution in [-0.2, 0) is 4.79 Å². The minimum absolute atomic E-state index is 0.203. The predicted molar refractivity (Wildman–Crippen MR) is 98.0 cm³/mol. The molecule has 0 aromatic heterocycles. The van der Waals surface area contributed by atoms with E-state index in [9.17, 15) is 4.79 Å². The number of amides is 1. The van der Waals surface area contributed by atoms with Gasteiger partial charge in [-0.15, -0.1) is 0 Å². The summed E-state index contributed by atoms with van der Waals surface area (Å²) in [5.74, 6) is 1.15. The Balaban J connectivity index is 2.05. The highest BCUT2D eigenvalue weighted by Crippen LogP contribution is 2.25. The third-order valence-electron chi connectivity index (χ3n) is 3.51. The molecular formula is C19H22N2O3. The van der Waals surface area contributed by atoms with Crippen LogP contribution in [0.1, 0.15) is 5.56 Å². The van der Waals surface area contributed by atoms with Crippen LogP contribution in [0.3, 0.4) is 0 Å². The number of carbonyl (C=O) groups excluding carboxylic acids is 1. The average Bonchev–Trinajstić information content (AvgIpc) is 2.60. The van der Waals surface area contributed by atoms with E-state index in [1.165, 1.54) is 6.08 Å². The lowest BCUT2D eigenvalue weighted by Gasteiger charge is -2.12. The van der Waals surface area contributed by atoms with Crippen LogP contribution in [-0.4, -0.2) is 34.2 Å². The molecule has 2 rings (SSSR count). The Kier molecular flexibility index (Phi) is 5.84. The smallest absolute Gasteiger partial charge is 0.248 e. The zero-order chi connectivity index (χ0) is 17.5. The van der Waals surface area contributed by atoms with Crippen LogP contribution in [0.15, 0.2) is 48.5 Å². The Morgan fingerprint density at radius 1 is 1.04 bits per heavy atom. The predicted octanol–water partition coefficient (Wildman–Crippen LogP) is 3.42. The first-order valence-corrected chi connectivity index (χ1v) is 7.52. The lowest BCUT2D eigenvalue weighted by atomic mass is 10.1. The van der Waals surface area contributed by atoms with Gasteiger partial charge in [0.2, 0.25) is 5.91 Å². The number of rotatable bonds is 6. The van der Waals surface area contributed by atoms with E-state index in [0.717, 1.165) is 16.9 Å². The van der Waals surface area contributed by atoms with E-state index in [1.54, 1.807) is 26.4 Å². The molecule has 2 aromatic carbocycles. The highest BCUT2D eigenvalue weighted by molar-refractivity contribution is 6.02. The van der Waals surface area contributed by atoms with Gasteiger partial charge in [0.25, 0.3) is 0 Å². The number of benzene rings is 2. The van der Waals surface area contributed by atoms with E-state index in [1.807, 2.05) is 55.4 Å². The minimum atomic E-state index is -0.203. The van der Waals surface area contributed by atoms with Gasteiger partial charge in [0, 0.05) is 43.2 Å². The average molecular weight is 326 g/mol. The van der Waals surface area contributed by atoms with E-state index in [-0.39, 0.29) is 5.91 Å². The zero-order valence-electron chi connectivity index (χ0n) is 14.4. The SMILES string of the molecule is COc1ccc(/C=C/C(=O)Nc2ccc(N(C)C)cc2)c(OC)c1. The van der Waals surface area contributed by atoms with Crippen LogP contribution in [0.2, 0.25) is 0 Å². The van der Waals surface area contributed by atoms with Crippen LogP contribution in [0.4, 0.5) is 11.4 Å². The summed E-state index contributed by atoms with van der Waals surface area (Å²) in [6.07, 6.45) is 3.19. The Hall–Kier alpha value is -2.95. The molecule has 0 aliphatic carbocycles. The van der Waals surface area contributed by atoms with Crippen LogP contribution in [0.5, 0.6) is 11.5 Å². The fraction of sp³-hybridized carbons (Fsp3) is 0.211. The van der Waals surface area contributed by atoms with Gasteiger partial charge >= 0.3 is 0 Å². The summed E-state index contributed by atoms with van der Waals surface area (Å²) in [7, 11) is 7.12. The number of nitrogens with one attached hydrogen (secondary N) is 1. The van der Waals surface area contributed by atoms with Crippen molar-refractivity contribution in [3.8, 4) is 11.5 Å². The number of nitrogens with zero attached hydrogens (tertiary/aromatic N) is 1. The molecule has 1 N–H and O–H groups in total. The first-order valence-electron chi connectivity index (χ1n) is 7.52. The first-order chi connectivity index (χ1) is 11.5. The van der Waals surface area contributed by atoms with E-state index in [4.69, 9.17) is 9.47 Å². The normalized spacial score (nSPS) is 10.5. The van der Waals surface area contributed by atoms with Gasteiger partial charge in [0.15, 0.2) is 0 Å². The number of methoxy groups -OCH3 is 2. The fourth-order valence-electron chi connectivity index (χ4n) is 2.15. The summed E-state index contributed by atoms with van der Waals surface area (Å²) in [4.78, 5) is 14.1. The molecule has 2 aromatic rings. The van der Waals surface area contributed by atoms with Crippen molar-refractivity contribution < 1.29 is 14.3 Å². The maximum atomic E-state index is 12.1. The van der Waals surface area contributed by atoms with Crippen LogP contribution in [0.25, 0.3) is 6.08 Å². The molecule has 1 amide bonds. The van der Waals surface area contributed by atoms with Gasteiger partial charge in [-0.25, -0.2) is 0 Å². The molecule has 126 valence electrons. The Bertz CT molecular complexity index is 722. The number of ether oxygens (including phenoxy) is 2. The van der Waals surface area contributed by atoms with Crippen molar-refractivity contribution in [2.45, 2.75) is 0 Å². The van der Waals surface area contributed by atoms with Gasteiger partial charge in [-0.3, -0.25) is 4.79 Å². The van der Waals surface area contributed by atoms with Gasteiger partial charge in [-0.05, 0) is 42.5 Å². The Morgan fingerprint density at radius 3 is 2.33 bits per heavy atom. The Morgan fingerprint density at radius 2 is 1.75 bits per heavy atom. The molecule has 5 nitrogen and oxygen atoms in total. The van der Waals surface area contributed by atoms with E-state index < -0.39 is 0 Å². The second-order valence-corrected chi connectivity index (χ2v) is 5.37. The van der Waals surface area contributed by atoms with Gasteiger partial charge in [0.1, 0.15) is 11.5 Å². The molecular weight excluding hydrogens is 304 g/mol. The molecule has 0 unspecified atom stereocenters. The molecule has 0 atom stereocenters. The van der Waals surface area contributed by atoms with Crippen molar-refractivity contribution in [2.24, 2.45) is 0 Å². The second kappa shape index (κ2) is 8.06. The molecule has 0 aliphatic heterocycles. The fourth-order valence-corrected chi connectivity index (χ4v) is 2.15. The summed E-state index contributed by atoms with van der Waals surface area (Å²) >= 11 is 0. The lowest BCUT2D eigenvalue weighted by molar-refractivity contribution is -0.111. The van der Waals surface area contributed by atoms with E-state index in [0.29, 0.717) is 11.5 Å². The molecule has 0 fully saturated rings. The van der Waals surface area contributed by atoms with Crippen molar-refractivity contribution in [3.63, 3.8) is 0 Å². The summed E-state index contributed by atoms with van der Waals surface area (Å²) in [5, 5.41) is 2.83. The van der Waals surface area contributed by atoms with Gasteiger partial charge in [-0.2, -0.15) is 0 Å². The maximum Gasteiger partial charge on any atom is 0.248 e. The molecule has 0 saturated heterocycles. The van der Waals surface area contributed by atoms with Gasteiger partial charge in [0.05, 0.1) is 14.2 Å². The van der Waals surface area contributed by atoms with Crippen LogP contribution >= 0.6 is 0 Å². The maximum absolute atomic E-state index is 12.1. The number of anilines is 2. The number of hydrogen-bond acceptors (Lipinski definition) is 4. The highest BCUT2D eigenvalue weighted by Gasteiger charge is 2.04. The van der Waals surface area contributed by atoms with Crippen molar-refractivity contribution in [1.29, 1.82) is 0 Å². The molecule has 0 heterocycles. The van der Waals surface area contributed by atoms with Gasteiger partial charge in [-0.1, -0.05) is 0 Å². The largest absolute Gasteiger partial charge is 0.497 e. The van der Waals surface area contributed by atoms with Crippen LogP contribution < -0.4 is 19.7 Å². The van der Waals surface area contributed by atoms with Crippen molar-refractivity contribution >= 4 is 23.4 Å². The molecule has 24 heavy (non-hydrogen) atoms. The highest BCUT2D eigenvalue weighted by atomic mass is 16.5. The number of hydrogen-bond donors (Lipinski definition) is 1. The monoisotopic (exact) mass is 326 g/mol. The quantitative estimate of drug-likeness (QED) is 0.827. The number of carbonyl (C=O) groups is 1. The van der Waals surface area contributed by atoms with Crippen molar-refractivity contribution in [2.75, 3.05) is 38.5 Å². The molecule has 0 radical (unpaired) electrons. The van der Waals surface area contributed by atoms with Crippen LogP contribution in [0, 0.1) is 0 Å². The minimum Gasteiger partial charge on any atom is -0.497 e. The molecule has 0 aliphatic rings. The standard InChI is InChI=1S/C19H22N2O3/c1-21(2)16-9-7-15(8-10-16)20-19(22)12-6-14-5-11-17(23-3)13-18(14)24-4/h5-13H,1-4H3,(H,20,22)/b12-6+. The zero-order valence-corrected chi connectivity index (χ0v) is 14.4. The third kappa shape index (κ3) is 4.52. The summed E-state index contributed by atoms with van der Waals surface area (Å²) in [6.45, 7) is 0.